The zero-order chi connectivity index (χ0) is 18.4. The molecule has 2 rings (SSSR count). The summed E-state index contributed by atoms with van der Waals surface area (Å²) in [7, 11) is -3.79. The van der Waals surface area contributed by atoms with E-state index in [1.165, 1.54) is 12.1 Å². The van der Waals surface area contributed by atoms with Crippen LogP contribution in [0.25, 0.3) is 0 Å². The topological polar surface area (TPSA) is 66.5 Å². The van der Waals surface area contributed by atoms with Gasteiger partial charge in [0, 0.05) is 23.1 Å². The molecule has 0 saturated carbocycles. The summed E-state index contributed by atoms with van der Waals surface area (Å²) >= 11 is 11.7. The lowest BCUT2D eigenvalue weighted by molar-refractivity contribution is -0.121. The van der Waals surface area contributed by atoms with Gasteiger partial charge in [-0.15, -0.1) is 0 Å². The molecule has 2 aromatic carbocycles. The summed E-state index contributed by atoms with van der Waals surface area (Å²) in [5.41, 5.74) is 0.874. The van der Waals surface area contributed by atoms with Crippen LogP contribution in [-0.4, -0.2) is 31.7 Å². The van der Waals surface area contributed by atoms with E-state index in [9.17, 15) is 13.2 Å². The molecule has 0 saturated heterocycles. The maximum Gasteiger partial charge on any atom is 0.243 e. The number of nitrogens with zero attached hydrogens (tertiary/aromatic N) is 1. The highest BCUT2D eigenvalue weighted by Crippen LogP contribution is 2.19. The number of nitrogens with one attached hydrogen (secondary N) is 1. The molecule has 0 aliphatic rings. The minimum Gasteiger partial charge on any atom is -0.351 e. The van der Waals surface area contributed by atoms with Crippen LogP contribution in [0.3, 0.4) is 0 Å². The monoisotopic (exact) mass is 400 g/mol. The highest BCUT2D eigenvalue weighted by molar-refractivity contribution is 7.89. The third-order valence-electron chi connectivity index (χ3n) is 3.51. The predicted octanol–water partition coefficient (Wildman–Crippen LogP) is 3.32. The van der Waals surface area contributed by atoms with E-state index in [2.05, 4.69) is 5.32 Å². The minimum atomic E-state index is -3.79. The lowest BCUT2D eigenvalue weighted by Crippen LogP contribution is -2.40. The molecule has 0 fully saturated rings. The van der Waals surface area contributed by atoms with Crippen molar-refractivity contribution in [3.63, 3.8) is 0 Å². The number of hydrogen-bond acceptors (Lipinski definition) is 3. The van der Waals surface area contributed by atoms with Crippen LogP contribution in [-0.2, 0) is 21.4 Å². The normalized spacial score (nSPS) is 11.5. The molecule has 0 bridgehead atoms. The Kier molecular flexibility index (Phi) is 6.84. The summed E-state index contributed by atoms with van der Waals surface area (Å²) < 4.78 is 26.4. The molecule has 0 aliphatic heterocycles. The molecule has 0 unspecified atom stereocenters. The van der Waals surface area contributed by atoms with E-state index in [1.807, 2.05) is 0 Å². The predicted molar refractivity (Wildman–Crippen MR) is 99.2 cm³/mol. The van der Waals surface area contributed by atoms with E-state index >= 15 is 0 Å². The van der Waals surface area contributed by atoms with Gasteiger partial charge in [0.25, 0.3) is 0 Å². The number of benzene rings is 2. The number of carbonyl (C=O) groups excluding carboxylic acids is 1. The molecule has 2 aromatic rings. The second-order valence-electron chi connectivity index (χ2n) is 5.29. The Labute approximate surface area is 157 Å². The van der Waals surface area contributed by atoms with E-state index in [4.69, 9.17) is 23.2 Å². The van der Waals surface area contributed by atoms with Crippen molar-refractivity contribution in [2.75, 3.05) is 13.1 Å². The van der Waals surface area contributed by atoms with Crippen LogP contribution in [0, 0.1) is 0 Å². The smallest absolute Gasteiger partial charge is 0.243 e. The van der Waals surface area contributed by atoms with Gasteiger partial charge in [-0.05, 0) is 35.9 Å². The molecule has 0 aromatic heterocycles. The largest absolute Gasteiger partial charge is 0.351 e. The van der Waals surface area contributed by atoms with Crippen molar-refractivity contribution >= 4 is 39.1 Å². The summed E-state index contributed by atoms with van der Waals surface area (Å²) in [5.74, 6) is -0.387. The Bertz CT molecular complexity index is 839. The van der Waals surface area contributed by atoms with Crippen molar-refractivity contribution in [3.8, 4) is 0 Å². The molecule has 134 valence electrons. The zero-order valence-electron chi connectivity index (χ0n) is 13.6. The van der Waals surface area contributed by atoms with Crippen LogP contribution in [0.4, 0.5) is 0 Å². The summed E-state index contributed by atoms with van der Waals surface area (Å²) in [4.78, 5) is 12.2. The van der Waals surface area contributed by atoms with Gasteiger partial charge >= 0.3 is 0 Å². The average Bonchev–Trinajstić information content (AvgIpc) is 2.59. The van der Waals surface area contributed by atoms with Gasteiger partial charge in [0.05, 0.1) is 11.4 Å². The quantitative estimate of drug-likeness (QED) is 0.774. The molecule has 1 N–H and O–H groups in total. The third kappa shape index (κ3) is 5.44. The van der Waals surface area contributed by atoms with Crippen LogP contribution < -0.4 is 5.32 Å². The summed E-state index contributed by atoms with van der Waals surface area (Å²) in [5, 5.41) is 3.64. The number of sulfonamides is 1. The van der Waals surface area contributed by atoms with Crippen molar-refractivity contribution in [3.05, 3.63) is 64.1 Å². The maximum atomic E-state index is 12.6. The van der Waals surface area contributed by atoms with Gasteiger partial charge < -0.3 is 5.32 Å². The maximum absolute atomic E-state index is 12.6. The number of carbonyl (C=O) groups is 1. The number of rotatable bonds is 7. The van der Waals surface area contributed by atoms with Gasteiger partial charge in [-0.25, -0.2) is 8.42 Å². The van der Waals surface area contributed by atoms with Gasteiger partial charge in [0.15, 0.2) is 0 Å². The molecular formula is C17H18Cl2N2O3S. The Hall–Kier alpha value is -1.60. The second kappa shape index (κ2) is 8.67. The van der Waals surface area contributed by atoms with Crippen LogP contribution in [0.2, 0.25) is 10.0 Å². The SMILES string of the molecule is CCN(CC(=O)NCc1ccc(Cl)cc1)S(=O)(=O)c1cccc(Cl)c1. The number of halogens is 2. The van der Waals surface area contributed by atoms with E-state index in [0.29, 0.717) is 16.6 Å². The van der Waals surface area contributed by atoms with Crippen molar-refractivity contribution in [2.45, 2.75) is 18.4 Å². The van der Waals surface area contributed by atoms with Crippen LogP contribution in [0.5, 0.6) is 0 Å². The summed E-state index contributed by atoms with van der Waals surface area (Å²) in [6, 6.07) is 13.0. The van der Waals surface area contributed by atoms with Crippen LogP contribution in [0.15, 0.2) is 53.4 Å². The van der Waals surface area contributed by atoms with Crippen molar-refractivity contribution in [1.82, 2.24) is 9.62 Å². The van der Waals surface area contributed by atoms with E-state index in [1.54, 1.807) is 43.3 Å². The zero-order valence-corrected chi connectivity index (χ0v) is 15.9. The molecule has 0 aliphatic carbocycles. The number of likely N-dealkylation sites (N-methyl/N-ethyl adjacent to an activating group) is 1. The molecule has 5 nitrogen and oxygen atoms in total. The summed E-state index contributed by atoms with van der Waals surface area (Å²) in [6.45, 7) is 1.88. The molecule has 0 radical (unpaired) electrons. The van der Waals surface area contributed by atoms with Gasteiger partial charge in [-0.2, -0.15) is 4.31 Å². The first-order valence-corrected chi connectivity index (χ1v) is 9.79. The van der Waals surface area contributed by atoms with E-state index < -0.39 is 10.0 Å². The molecule has 0 heterocycles. The van der Waals surface area contributed by atoms with Crippen molar-refractivity contribution in [2.24, 2.45) is 0 Å². The Balaban J connectivity index is 2.02. The molecule has 0 atom stereocenters. The standard InChI is InChI=1S/C17H18Cl2N2O3S/c1-2-21(25(23,24)16-5-3-4-15(19)10-16)12-17(22)20-11-13-6-8-14(18)9-7-13/h3-10H,2,11-12H2,1H3,(H,20,22). The van der Waals surface area contributed by atoms with Gasteiger partial charge in [-0.3, -0.25) is 4.79 Å². The highest BCUT2D eigenvalue weighted by atomic mass is 35.5. The van der Waals surface area contributed by atoms with E-state index in [-0.39, 0.29) is 23.9 Å². The molecular weight excluding hydrogens is 383 g/mol. The summed E-state index contributed by atoms with van der Waals surface area (Å²) in [6.07, 6.45) is 0. The molecule has 1 amide bonds. The molecule has 8 heteroatoms. The fourth-order valence-corrected chi connectivity index (χ4v) is 3.99. The first-order valence-electron chi connectivity index (χ1n) is 7.60. The second-order valence-corrected chi connectivity index (χ2v) is 8.10. The first-order chi connectivity index (χ1) is 11.8. The Morgan fingerprint density at radius 3 is 2.36 bits per heavy atom. The fraction of sp³-hybridized carbons (Fsp3) is 0.235. The molecule has 25 heavy (non-hydrogen) atoms. The highest BCUT2D eigenvalue weighted by Gasteiger charge is 2.25. The van der Waals surface area contributed by atoms with Gasteiger partial charge in [0.2, 0.25) is 15.9 Å². The van der Waals surface area contributed by atoms with Crippen LogP contribution in [0.1, 0.15) is 12.5 Å². The average molecular weight is 401 g/mol. The first kappa shape index (κ1) is 19.7. The van der Waals surface area contributed by atoms with E-state index in [0.717, 1.165) is 9.87 Å². The minimum absolute atomic E-state index is 0.0624. The fourth-order valence-electron chi connectivity index (χ4n) is 2.16. The Morgan fingerprint density at radius 2 is 1.76 bits per heavy atom. The lowest BCUT2D eigenvalue weighted by Gasteiger charge is -2.20. The molecule has 0 spiro atoms. The third-order valence-corrected chi connectivity index (χ3v) is 5.91. The van der Waals surface area contributed by atoms with Crippen molar-refractivity contribution < 1.29 is 13.2 Å². The lowest BCUT2D eigenvalue weighted by atomic mass is 10.2. The van der Waals surface area contributed by atoms with Gasteiger partial charge in [-0.1, -0.05) is 48.3 Å². The van der Waals surface area contributed by atoms with Gasteiger partial charge in [0.1, 0.15) is 0 Å². The van der Waals surface area contributed by atoms with Crippen LogP contribution >= 0.6 is 23.2 Å². The number of hydrogen-bond donors (Lipinski definition) is 1. The number of amides is 1. The Morgan fingerprint density at radius 1 is 1.08 bits per heavy atom. The van der Waals surface area contributed by atoms with Crippen molar-refractivity contribution in [1.29, 1.82) is 0 Å².